The van der Waals surface area contributed by atoms with E-state index in [1.165, 1.54) is 44.6 Å². The second-order valence-electron chi connectivity index (χ2n) is 7.34. The second kappa shape index (κ2) is 7.65. The van der Waals surface area contributed by atoms with Crippen molar-refractivity contribution in [3.8, 4) is 5.75 Å². The van der Waals surface area contributed by atoms with E-state index in [0.29, 0.717) is 12.2 Å². The van der Waals surface area contributed by atoms with Gasteiger partial charge in [-0.2, -0.15) is 0 Å². The Kier molecular flexibility index (Phi) is 5.57. The van der Waals surface area contributed by atoms with Gasteiger partial charge in [-0.3, -0.25) is 0 Å². The summed E-state index contributed by atoms with van der Waals surface area (Å²) >= 11 is 0. The van der Waals surface area contributed by atoms with Crippen LogP contribution in [0.5, 0.6) is 5.75 Å². The van der Waals surface area contributed by atoms with Gasteiger partial charge in [0, 0.05) is 18.4 Å². The van der Waals surface area contributed by atoms with Crippen LogP contribution >= 0.6 is 0 Å². The molecule has 1 aromatic carbocycles. The van der Waals surface area contributed by atoms with Crippen LogP contribution in [-0.2, 0) is 11.3 Å². The highest BCUT2D eigenvalue weighted by Crippen LogP contribution is 2.16. The maximum absolute atomic E-state index is 5.89. The number of nitrogens with one attached hydrogen (secondary N) is 2. The van der Waals surface area contributed by atoms with E-state index < -0.39 is 0 Å². The molecule has 2 aliphatic heterocycles. The number of hydrogen-bond acceptors (Lipinski definition) is 2. The molecule has 4 nitrogen and oxygen atoms in total. The van der Waals surface area contributed by atoms with Crippen LogP contribution in [0.15, 0.2) is 24.3 Å². The lowest BCUT2D eigenvalue weighted by Gasteiger charge is -2.39. The summed E-state index contributed by atoms with van der Waals surface area (Å²) < 4.78 is 11.4. The molecule has 2 N–H and O–H groups in total. The third-order valence-electron chi connectivity index (χ3n) is 5.47. The lowest BCUT2D eigenvalue weighted by molar-refractivity contribution is -0.970. The number of morpholine rings is 1. The van der Waals surface area contributed by atoms with Gasteiger partial charge in [-0.15, -0.1) is 0 Å². The van der Waals surface area contributed by atoms with Crippen LogP contribution in [-0.4, -0.2) is 51.5 Å². The minimum absolute atomic E-state index is 0.410. The van der Waals surface area contributed by atoms with Crippen LogP contribution < -0.4 is 14.5 Å². The number of hydrogen-bond donors (Lipinski definition) is 2. The summed E-state index contributed by atoms with van der Waals surface area (Å²) in [6.45, 7) is 10.4. The first-order chi connectivity index (χ1) is 11.2. The van der Waals surface area contributed by atoms with E-state index in [9.17, 15) is 0 Å². The number of piperidine rings is 1. The van der Waals surface area contributed by atoms with Crippen LogP contribution in [0.2, 0.25) is 0 Å². The number of rotatable bonds is 4. The fraction of sp³-hybridized carbons (Fsp3) is 0.684. The predicted molar refractivity (Wildman–Crippen MR) is 91.1 cm³/mol. The van der Waals surface area contributed by atoms with E-state index in [2.05, 4.69) is 32.0 Å². The Morgan fingerprint density at radius 2 is 1.74 bits per heavy atom. The normalized spacial score (nSPS) is 35.0. The zero-order valence-electron chi connectivity index (χ0n) is 14.8. The van der Waals surface area contributed by atoms with Crippen molar-refractivity contribution < 1.29 is 19.3 Å². The molecular weight excluding hydrogens is 288 g/mol. The third-order valence-corrected chi connectivity index (χ3v) is 5.47. The lowest BCUT2D eigenvalue weighted by atomic mass is 10.0. The molecule has 0 aliphatic carbocycles. The fourth-order valence-corrected chi connectivity index (χ4v) is 4.38. The summed E-state index contributed by atoms with van der Waals surface area (Å²) in [6.07, 6.45) is 3.49. The quantitative estimate of drug-likeness (QED) is 0.813. The van der Waals surface area contributed by atoms with Crippen molar-refractivity contribution in [3.63, 3.8) is 0 Å². The first-order valence-electron chi connectivity index (χ1n) is 9.11. The maximum Gasteiger partial charge on any atom is 0.127 e. The van der Waals surface area contributed by atoms with Crippen LogP contribution in [0.4, 0.5) is 0 Å². The summed E-state index contributed by atoms with van der Waals surface area (Å²) in [5.41, 5.74) is 1.34. The molecule has 2 aliphatic rings. The number of likely N-dealkylation sites (tertiary alicyclic amines) is 1. The van der Waals surface area contributed by atoms with Gasteiger partial charge in [-0.25, -0.2) is 0 Å². The highest BCUT2D eigenvalue weighted by atomic mass is 16.5. The van der Waals surface area contributed by atoms with E-state index in [1.54, 1.807) is 16.9 Å². The van der Waals surface area contributed by atoms with Gasteiger partial charge >= 0.3 is 0 Å². The Balaban J connectivity index is 1.52. The van der Waals surface area contributed by atoms with E-state index in [4.69, 9.17) is 9.47 Å². The fourth-order valence-electron chi connectivity index (χ4n) is 4.38. The number of ether oxygens (including phenoxy) is 2. The summed E-state index contributed by atoms with van der Waals surface area (Å²) in [7, 11) is 1.77. The van der Waals surface area contributed by atoms with E-state index in [0.717, 1.165) is 18.3 Å². The van der Waals surface area contributed by atoms with E-state index >= 15 is 0 Å². The van der Waals surface area contributed by atoms with Crippen molar-refractivity contribution >= 4 is 0 Å². The molecule has 2 saturated heterocycles. The van der Waals surface area contributed by atoms with Crippen LogP contribution in [0.3, 0.4) is 0 Å². The van der Waals surface area contributed by atoms with Crippen molar-refractivity contribution in [1.82, 2.24) is 0 Å². The number of para-hydroxylation sites is 1. The van der Waals surface area contributed by atoms with Crippen LogP contribution in [0, 0.1) is 0 Å². The molecule has 4 heteroatoms. The first kappa shape index (κ1) is 16.7. The molecule has 2 fully saturated rings. The molecule has 0 amide bonds. The van der Waals surface area contributed by atoms with Crippen molar-refractivity contribution in [3.05, 3.63) is 29.8 Å². The molecule has 128 valence electrons. The Labute approximate surface area is 140 Å². The van der Waals surface area contributed by atoms with Gasteiger partial charge < -0.3 is 19.3 Å². The van der Waals surface area contributed by atoms with Crippen molar-refractivity contribution in [2.24, 2.45) is 0 Å². The zero-order valence-corrected chi connectivity index (χ0v) is 14.8. The van der Waals surface area contributed by atoms with Crippen molar-refractivity contribution in [1.29, 1.82) is 0 Å². The smallest absolute Gasteiger partial charge is 0.127 e. The molecule has 2 heterocycles. The number of quaternary nitrogens is 2. The van der Waals surface area contributed by atoms with Gasteiger partial charge in [0.2, 0.25) is 0 Å². The summed E-state index contributed by atoms with van der Waals surface area (Å²) in [5, 5.41) is 0. The van der Waals surface area contributed by atoms with Gasteiger partial charge in [-0.1, -0.05) is 12.1 Å². The molecule has 3 rings (SSSR count). The van der Waals surface area contributed by atoms with Gasteiger partial charge in [-0.05, 0) is 26.0 Å². The predicted octanol–water partition coefficient (Wildman–Crippen LogP) is -0.0654. The Bertz CT molecular complexity index is 490. The average molecular weight is 320 g/mol. The second-order valence-corrected chi connectivity index (χ2v) is 7.34. The molecular formula is C19H32N2O2+2. The Morgan fingerprint density at radius 3 is 2.39 bits per heavy atom. The molecule has 23 heavy (non-hydrogen) atoms. The van der Waals surface area contributed by atoms with Gasteiger partial charge in [0.1, 0.15) is 37.6 Å². The first-order valence-corrected chi connectivity index (χ1v) is 9.11. The minimum Gasteiger partial charge on any atom is -0.496 e. The molecule has 1 aromatic rings. The van der Waals surface area contributed by atoms with Crippen LogP contribution in [0.1, 0.15) is 32.3 Å². The number of methoxy groups -OCH3 is 1. The largest absolute Gasteiger partial charge is 0.496 e. The SMILES string of the molecule is COc1ccccc1C[NH+]1CCC([NH+]2C[C@@H](C)O[C@@H](C)C2)CC1. The average Bonchev–Trinajstić information content (AvgIpc) is 2.55. The number of benzene rings is 1. The third kappa shape index (κ3) is 4.25. The van der Waals surface area contributed by atoms with E-state index in [1.807, 2.05) is 6.07 Å². The molecule has 0 spiro atoms. The summed E-state index contributed by atoms with van der Waals surface area (Å²) in [4.78, 5) is 3.46. The highest BCUT2D eigenvalue weighted by molar-refractivity contribution is 5.32. The van der Waals surface area contributed by atoms with E-state index in [-0.39, 0.29) is 0 Å². The standard InChI is InChI=1S/C19H30N2O2/c1-15-12-21(13-16(2)23-15)18-8-10-20(11-9-18)14-17-6-4-5-7-19(17)22-3/h4-7,15-16,18H,8-14H2,1-3H3/p+2/t15-,16+. The molecule has 0 saturated carbocycles. The molecule has 0 aromatic heterocycles. The van der Waals surface area contributed by atoms with Gasteiger partial charge in [0.15, 0.2) is 0 Å². The minimum atomic E-state index is 0.410. The Hall–Kier alpha value is -1.10. The highest BCUT2D eigenvalue weighted by Gasteiger charge is 2.35. The van der Waals surface area contributed by atoms with Crippen molar-refractivity contribution in [2.45, 2.75) is 51.5 Å². The van der Waals surface area contributed by atoms with Gasteiger partial charge in [0.25, 0.3) is 0 Å². The molecule has 3 atom stereocenters. The zero-order chi connectivity index (χ0) is 16.2. The summed E-state index contributed by atoms with van der Waals surface area (Å²) in [6, 6.07) is 9.26. The monoisotopic (exact) mass is 320 g/mol. The topological polar surface area (TPSA) is 27.3 Å². The molecule has 0 radical (unpaired) electrons. The lowest BCUT2D eigenvalue weighted by Crippen LogP contribution is -3.22. The van der Waals surface area contributed by atoms with Crippen molar-refractivity contribution in [2.75, 3.05) is 33.3 Å². The summed E-state index contributed by atoms with van der Waals surface area (Å²) in [5.74, 6) is 1.03. The molecule has 0 bridgehead atoms. The van der Waals surface area contributed by atoms with Crippen LogP contribution in [0.25, 0.3) is 0 Å². The Morgan fingerprint density at radius 1 is 1.09 bits per heavy atom. The maximum atomic E-state index is 5.89. The van der Waals surface area contributed by atoms with Gasteiger partial charge in [0.05, 0.1) is 26.2 Å². The molecule has 1 unspecified atom stereocenters.